The van der Waals surface area contributed by atoms with Gasteiger partial charge in [0.05, 0.1) is 18.7 Å². The standard InChI is InChI=1S/C16H22N2O5S/c1-24(20,21)18-8-4-5-12(10-18)16(19)17-9-13-11-22-14-6-2-3-7-15(14)23-13/h2-3,6-7,12-13H,4-5,8-11H2,1H3,(H,17,19)/t12-,13-/m1/s1. The molecule has 0 unspecified atom stereocenters. The van der Waals surface area contributed by atoms with Crippen molar-refractivity contribution in [3.05, 3.63) is 24.3 Å². The first-order valence-corrected chi connectivity index (χ1v) is 9.89. The van der Waals surface area contributed by atoms with Crippen molar-refractivity contribution in [2.45, 2.75) is 18.9 Å². The Morgan fingerprint density at radius 1 is 1.33 bits per heavy atom. The Morgan fingerprint density at radius 3 is 2.83 bits per heavy atom. The van der Waals surface area contributed by atoms with Crippen LogP contribution in [-0.2, 0) is 14.8 Å². The third-order valence-electron chi connectivity index (χ3n) is 4.30. The van der Waals surface area contributed by atoms with Gasteiger partial charge in [-0.05, 0) is 25.0 Å². The quantitative estimate of drug-likeness (QED) is 0.857. The Bertz CT molecular complexity index is 706. The van der Waals surface area contributed by atoms with Gasteiger partial charge >= 0.3 is 0 Å². The van der Waals surface area contributed by atoms with Crippen LogP contribution in [0.15, 0.2) is 24.3 Å². The van der Waals surface area contributed by atoms with Gasteiger partial charge in [0.25, 0.3) is 0 Å². The van der Waals surface area contributed by atoms with Crippen LogP contribution < -0.4 is 14.8 Å². The SMILES string of the molecule is CS(=O)(=O)N1CCC[C@@H](C(=O)NC[C@@H]2COc3ccccc3O2)C1. The molecule has 1 saturated heterocycles. The van der Waals surface area contributed by atoms with Gasteiger partial charge in [0.1, 0.15) is 12.7 Å². The zero-order valence-electron chi connectivity index (χ0n) is 13.6. The van der Waals surface area contributed by atoms with Crippen LogP contribution >= 0.6 is 0 Å². The van der Waals surface area contributed by atoms with Crippen LogP contribution in [0.2, 0.25) is 0 Å². The number of nitrogens with zero attached hydrogens (tertiary/aromatic N) is 1. The van der Waals surface area contributed by atoms with Crippen molar-refractivity contribution in [3.63, 3.8) is 0 Å². The highest BCUT2D eigenvalue weighted by atomic mass is 32.2. The van der Waals surface area contributed by atoms with E-state index in [-0.39, 0.29) is 24.5 Å². The molecule has 0 saturated carbocycles. The second-order valence-corrected chi connectivity index (χ2v) is 8.19. The molecule has 1 fully saturated rings. The molecule has 1 aromatic rings. The first-order chi connectivity index (χ1) is 11.4. The predicted molar refractivity (Wildman–Crippen MR) is 88.5 cm³/mol. The number of carbonyl (C=O) groups is 1. The highest BCUT2D eigenvalue weighted by Crippen LogP contribution is 2.30. The van der Waals surface area contributed by atoms with E-state index in [1.165, 1.54) is 10.6 Å². The van der Waals surface area contributed by atoms with E-state index in [1.807, 2.05) is 24.3 Å². The number of nitrogens with one attached hydrogen (secondary N) is 1. The van der Waals surface area contributed by atoms with E-state index in [0.717, 1.165) is 0 Å². The summed E-state index contributed by atoms with van der Waals surface area (Å²) in [7, 11) is -3.25. The summed E-state index contributed by atoms with van der Waals surface area (Å²) in [5.74, 6) is 0.927. The fourth-order valence-electron chi connectivity index (χ4n) is 2.98. The summed E-state index contributed by atoms with van der Waals surface area (Å²) in [5, 5.41) is 2.86. The van der Waals surface area contributed by atoms with Crippen molar-refractivity contribution in [2.75, 3.05) is 32.5 Å². The predicted octanol–water partition coefficient (Wildman–Crippen LogP) is 0.614. The molecule has 0 aliphatic carbocycles. The maximum absolute atomic E-state index is 12.3. The zero-order valence-corrected chi connectivity index (χ0v) is 14.4. The molecule has 8 heteroatoms. The lowest BCUT2D eigenvalue weighted by Crippen LogP contribution is -2.47. The van der Waals surface area contributed by atoms with Gasteiger partial charge in [-0.15, -0.1) is 0 Å². The molecule has 1 aromatic carbocycles. The molecule has 1 N–H and O–H groups in total. The number of fused-ring (bicyclic) bond motifs is 1. The summed E-state index contributed by atoms with van der Waals surface area (Å²) in [4.78, 5) is 12.3. The summed E-state index contributed by atoms with van der Waals surface area (Å²) in [5.41, 5.74) is 0. The van der Waals surface area contributed by atoms with Crippen molar-refractivity contribution in [1.82, 2.24) is 9.62 Å². The lowest BCUT2D eigenvalue weighted by Gasteiger charge is -2.31. The van der Waals surface area contributed by atoms with Gasteiger partial charge in [-0.1, -0.05) is 12.1 Å². The average Bonchev–Trinajstić information content (AvgIpc) is 2.59. The number of benzene rings is 1. The first-order valence-electron chi connectivity index (χ1n) is 8.05. The lowest BCUT2D eigenvalue weighted by molar-refractivity contribution is -0.126. The summed E-state index contributed by atoms with van der Waals surface area (Å²) >= 11 is 0. The Hall–Kier alpha value is -1.80. The fourth-order valence-corrected chi connectivity index (χ4v) is 3.89. The van der Waals surface area contributed by atoms with Crippen LogP contribution in [0, 0.1) is 5.92 Å². The Kier molecular flexibility index (Phi) is 4.96. The van der Waals surface area contributed by atoms with Crippen LogP contribution in [-0.4, -0.2) is 57.2 Å². The van der Waals surface area contributed by atoms with Gasteiger partial charge in [0, 0.05) is 13.1 Å². The molecule has 2 heterocycles. The largest absolute Gasteiger partial charge is 0.486 e. The van der Waals surface area contributed by atoms with E-state index < -0.39 is 10.0 Å². The Labute approximate surface area is 142 Å². The molecule has 2 aliphatic rings. The molecule has 2 aliphatic heterocycles. The van der Waals surface area contributed by atoms with Gasteiger partial charge < -0.3 is 14.8 Å². The van der Waals surface area contributed by atoms with E-state index >= 15 is 0 Å². The van der Waals surface area contributed by atoms with Crippen molar-refractivity contribution >= 4 is 15.9 Å². The molecule has 24 heavy (non-hydrogen) atoms. The number of hydrogen-bond donors (Lipinski definition) is 1. The minimum atomic E-state index is -3.25. The maximum atomic E-state index is 12.3. The number of sulfonamides is 1. The number of amides is 1. The number of hydrogen-bond acceptors (Lipinski definition) is 5. The van der Waals surface area contributed by atoms with Crippen molar-refractivity contribution in [3.8, 4) is 11.5 Å². The van der Waals surface area contributed by atoms with Crippen LogP contribution in [0.4, 0.5) is 0 Å². The molecular formula is C16H22N2O5S. The molecule has 0 spiro atoms. The number of ether oxygens (including phenoxy) is 2. The van der Waals surface area contributed by atoms with Crippen molar-refractivity contribution in [1.29, 1.82) is 0 Å². The normalized spacial score (nSPS) is 24.4. The van der Waals surface area contributed by atoms with E-state index in [2.05, 4.69) is 5.32 Å². The van der Waals surface area contributed by atoms with Gasteiger partial charge in [-0.3, -0.25) is 4.79 Å². The third-order valence-corrected chi connectivity index (χ3v) is 5.57. The van der Waals surface area contributed by atoms with Crippen molar-refractivity contribution < 1.29 is 22.7 Å². The second kappa shape index (κ2) is 6.98. The smallest absolute Gasteiger partial charge is 0.224 e. The molecule has 2 atom stereocenters. The lowest BCUT2D eigenvalue weighted by atomic mass is 9.99. The van der Waals surface area contributed by atoms with Crippen molar-refractivity contribution in [2.24, 2.45) is 5.92 Å². The monoisotopic (exact) mass is 354 g/mol. The summed E-state index contributed by atoms with van der Waals surface area (Å²) in [6.45, 7) is 1.44. The van der Waals surface area contributed by atoms with Gasteiger partial charge in [-0.2, -0.15) is 0 Å². The van der Waals surface area contributed by atoms with Crippen LogP contribution in [0.1, 0.15) is 12.8 Å². The molecule has 1 amide bonds. The van der Waals surface area contributed by atoms with Crippen LogP contribution in [0.3, 0.4) is 0 Å². The number of rotatable bonds is 4. The first kappa shape index (κ1) is 17.0. The third kappa shape index (κ3) is 3.99. The van der Waals surface area contributed by atoms with E-state index in [0.29, 0.717) is 44.0 Å². The van der Waals surface area contributed by atoms with E-state index in [9.17, 15) is 13.2 Å². The molecule has 0 aromatic heterocycles. The fraction of sp³-hybridized carbons (Fsp3) is 0.562. The molecule has 0 radical (unpaired) electrons. The molecular weight excluding hydrogens is 332 g/mol. The van der Waals surface area contributed by atoms with Crippen LogP contribution in [0.25, 0.3) is 0 Å². The minimum Gasteiger partial charge on any atom is -0.486 e. The Balaban J connectivity index is 1.51. The van der Waals surface area contributed by atoms with Gasteiger partial charge in [0.2, 0.25) is 15.9 Å². The second-order valence-electron chi connectivity index (χ2n) is 6.20. The highest BCUT2D eigenvalue weighted by Gasteiger charge is 2.30. The number of para-hydroxylation sites is 2. The minimum absolute atomic E-state index is 0.134. The zero-order chi connectivity index (χ0) is 17.2. The topological polar surface area (TPSA) is 84.9 Å². The highest BCUT2D eigenvalue weighted by molar-refractivity contribution is 7.88. The molecule has 7 nitrogen and oxygen atoms in total. The van der Waals surface area contributed by atoms with Gasteiger partial charge in [0.15, 0.2) is 11.5 Å². The summed E-state index contributed by atoms with van der Waals surface area (Å²) in [6.07, 6.45) is 2.32. The molecule has 132 valence electrons. The molecule has 3 rings (SSSR count). The summed E-state index contributed by atoms with van der Waals surface area (Å²) in [6, 6.07) is 7.41. The van der Waals surface area contributed by atoms with Crippen LogP contribution in [0.5, 0.6) is 11.5 Å². The van der Waals surface area contributed by atoms with Gasteiger partial charge in [-0.25, -0.2) is 12.7 Å². The summed E-state index contributed by atoms with van der Waals surface area (Å²) < 4.78 is 36.1. The molecule has 0 bridgehead atoms. The average molecular weight is 354 g/mol. The Morgan fingerprint density at radius 2 is 2.08 bits per heavy atom. The number of piperidine rings is 1. The number of carbonyl (C=O) groups excluding carboxylic acids is 1. The van der Waals surface area contributed by atoms with E-state index in [4.69, 9.17) is 9.47 Å². The van der Waals surface area contributed by atoms with E-state index in [1.54, 1.807) is 0 Å². The maximum Gasteiger partial charge on any atom is 0.224 e.